The van der Waals surface area contributed by atoms with Gasteiger partial charge >= 0.3 is 0 Å². The number of rotatable bonds is 4. The lowest BCUT2D eigenvalue weighted by molar-refractivity contribution is 0.0735. The quantitative estimate of drug-likeness (QED) is 0.524. The summed E-state index contributed by atoms with van der Waals surface area (Å²) < 4.78 is 22.2. The molecule has 1 fully saturated rings. The summed E-state index contributed by atoms with van der Waals surface area (Å²) in [4.78, 5) is 20.1. The van der Waals surface area contributed by atoms with Crippen molar-refractivity contribution < 1.29 is 13.9 Å². The van der Waals surface area contributed by atoms with Crippen LogP contribution in [0, 0.1) is 12.7 Å². The van der Waals surface area contributed by atoms with Crippen LogP contribution in [0.25, 0.3) is 16.7 Å². The molecular weight excluding hydrogens is 407 g/mol. The van der Waals surface area contributed by atoms with E-state index < -0.39 is 5.82 Å². The minimum absolute atomic E-state index is 0.122. The first-order valence-corrected chi connectivity index (χ1v) is 10.6. The van der Waals surface area contributed by atoms with Crippen LogP contribution in [0.2, 0.25) is 0 Å². The van der Waals surface area contributed by atoms with E-state index in [9.17, 15) is 9.18 Å². The van der Waals surface area contributed by atoms with Gasteiger partial charge in [0.2, 0.25) is 5.88 Å². The molecule has 0 unspecified atom stereocenters. The maximum Gasteiger partial charge on any atom is 0.260 e. The average molecular weight is 430 g/mol. The summed E-state index contributed by atoms with van der Waals surface area (Å²) in [5.41, 5.74) is 2.62. The van der Waals surface area contributed by atoms with Crippen molar-refractivity contribution in [3.63, 3.8) is 0 Å². The zero-order chi connectivity index (χ0) is 22.1. The van der Waals surface area contributed by atoms with Crippen LogP contribution in [0.1, 0.15) is 15.9 Å². The Morgan fingerprint density at radius 3 is 2.62 bits per heavy atom. The number of hydrogen-bond donors (Lipinski definition) is 1. The number of carbonyl (C=O) groups excluding carboxylic acids is 1. The largest absolute Gasteiger partial charge is 0.439 e. The molecule has 0 spiro atoms. The number of aryl methyl sites for hydroxylation is 1. The molecule has 0 aliphatic carbocycles. The summed E-state index contributed by atoms with van der Waals surface area (Å²) in [6.07, 6.45) is 1.69. The highest BCUT2D eigenvalue weighted by molar-refractivity contribution is 6.09. The van der Waals surface area contributed by atoms with Crippen LogP contribution in [-0.4, -0.2) is 46.5 Å². The third kappa shape index (κ3) is 3.61. The molecule has 0 saturated carbocycles. The van der Waals surface area contributed by atoms with Gasteiger partial charge in [-0.05, 0) is 42.8 Å². The van der Waals surface area contributed by atoms with Gasteiger partial charge in [0.15, 0.2) is 0 Å². The normalized spacial score (nSPS) is 14.0. The van der Waals surface area contributed by atoms with Crippen LogP contribution >= 0.6 is 0 Å². The third-order valence-corrected chi connectivity index (χ3v) is 5.67. The van der Waals surface area contributed by atoms with Crippen LogP contribution in [0.15, 0.2) is 66.9 Å². The Bertz CT molecular complexity index is 1280. The first-order chi connectivity index (χ1) is 15.6. The number of para-hydroxylation sites is 1. The fourth-order valence-corrected chi connectivity index (χ4v) is 4.03. The molecular formula is C25H23FN4O2. The molecule has 3 heterocycles. The van der Waals surface area contributed by atoms with Crippen LogP contribution < -0.4 is 10.1 Å². The van der Waals surface area contributed by atoms with Gasteiger partial charge in [0.25, 0.3) is 5.91 Å². The zero-order valence-electron chi connectivity index (χ0n) is 17.7. The number of ether oxygens (including phenoxy) is 1. The molecule has 1 saturated heterocycles. The third-order valence-electron chi connectivity index (χ3n) is 5.67. The highest BCUT2D eigenvalue weighted by Gasteiger charge is 2.30. The predicted octanol–water partition coefficient (Wildman–Crippen LogP) is 4.31. The van der Waals surface area contributed by atoms with Crippen LogP contribution in [0.3, 0.4) is 0 Å². The molecule has 7 heteroatoms. The number of amides is 1. The number of hydrogen-bond acceptors (Lipinski definition) is 4. The standard InChI is InChI=1S/C25H23FN4O2/c1-17-9-10-18(26)16-21(17)32-25-22(24(31)29-14-12-27-13-15-29)20-8-5-11-28-23(20)30(25)19-6-3-2-4-7-19/h2-11,16,27H,12-15H2,1H3. The Balaban J connectivity index is 1.76. The van der Waals surface area contributed by atoms with Gasteiger partial charge in [0.1, 0.15) is 22.8 Å². The van der Waals surface area contributed by atoms with Crippen molar-refractivity contribution in [3.8, 4) is 17.3 Å². The minimum Gasteiger partial charge on any atom is -0.439 e. The lowest BCUT2D eigenvalue weighted by Gasteiger charge is -2.27. The first-order valence-electron chi connectivity index (χ1n) is 10.6. The summed E-state index contributed by atoms with van der Waals surface area (Å²) >= 11 is 0. The van der Waals surface area contributed by atoms with Gasteiger partial charge < -0.3 is 15.0 Å². The molecule has 0 atom stereocenters. The Morgan fingerprint density at radius 1 is 1.06 bits per heavy atom. The number of benzene rings is 2. The lowest BCUT2D eigenvalue weighted by atomic mass is 10.1. The van der Waals surface area contributed by atoms with Gasteiger partial charge in [-0.15, -0.1) is 0 Å². The highest BCUT2D eigenvalue weighted by Crippen LogP contribution is 2.38. The van der Waals surface area contributed by atoms with Gasteiger partial charge in [-0.1, -0.05) is 24.3 Å². The fraction of sp³-hybridized carbons (Fsp3) is 0.200. The Morgan fingerprint density at radius 2 is 1.84 bits per heavy atom. The number of nitrogens with one attached hydrogen (secondary N) is 1. The van der Waals surface area contributed by atoms with Gasteiger partial charge in [0.05, 0.1) is 5.69 Å². The van der Waals surface area contributed by atoms with Crippen LogP contribution in [0.4, 0.5) is 4.39 Å². The zero-order valence-corrected chi connectivity index (χ0v) is 17.7. The van der Waals surface area contributed by atoms with Gasteiger partial charge in [-0.3, -0.25) is 9.36 Å². The molecule has 1 aliphatic rings. The molecule has 162 valence electrons. The maximum atomic E-state index is 14.0. The summed E-state index contributed by atoms with van der Waals surface area (Å²) in [5.74, 6) is 0.172. The van der Waals surface area contributed by atoms with E-state index in [0.717, 1.165) is 24.3 Å². The van der Waals surface area contributed by atoms with E-state index in [-0.39, 0.29) is 5.91 Å². The Labute approximate surface area is 185 Å². The molecule has 4 aromatic rings. The predicted molar refractivity (Wildman–Crippen MR) is 121 cm³/mol. The van der Waals surface area contributed by atoms with Crippen molar-refractivity contribution in [3.05, 3.63) is 83.8 Å². The number of carbonyl (C=O) groups is 1. The Kier molecular flexibility index (Phi) is 5.33. The number of piperazine rings is 1. The number of pyridine rings is 1. The van der Waals surface area contributed by atoms with Crippen LogP contribution in [0.5, 0.6) is 11.6 Å². The lowest BCUT2D eigenvalue weighted by Crippen LogP contribution is -2.46. The van der Waals surface area contributed by atoms with Crippen molar-refractivity contribution in [2.24, 2.45) is 0 Å². The van der Waals surface area contributed by atoms with E-state index in [2.05, 4.69) is 10.3 Å². The second-order valence-corrected chi connectivity index (χ2v) is 7.78. The molecule has 6 nitrogen and oxygen atoms in total. The minimum atomic E-state index is -0.402. The monoisotopic (exact) mass is 430 g/mol. The van der Waals surface area contributed by atoms with E-state index in [4.69, 9.17) is 4.74 Å². The molecule has 1 N–H and O–H groups in total. The topological polar surface area (TPSA) is 59.4 Å². The number of fused-ring (bicyclic) bond motifs is 1. The fourth-order valence-electron chi connectivity index (χ4n) is 4.03. The molecule has 0 bridgehead atoms. The van der Waals surface area contributed by atoms with Gasteiger partial charge in [0, 0.05) is 43.8 Å². The van der Waals surface area contributed by atoms with E-state index in [1.54, 1.807) is 12.3 Å². The van der Waals surface area contributed by atoms with Crippen molar-refractivity contribution >= 4 is 16.9 Å². The smallest absolute Gasteiger partial charge is 0.260 e. The van der Waals surface area contributed by atoms with Gasteiger partial charge in [-0.2, -0.15) is 0 Å². The molecule has 2 aromatic heterocycles. The second-order valence-electron chi connectivity index (χ2n) is 7.78. The summed E-state index contributed by atoms with van der Waals surface area (Å²) in [7, 11) is 0. The second kappa shape index (κ2) is 8.43. The molecule has 32 heavy (non-hydrogen) atoms. The number of nitrogens with zero attached hydrogens (tertiary/aromatic N) is 3. The summed E-state index contributed by atoms with van der Waals surface area (Å²) in [6.45, 7) is 4.53. The van der Waals surface area contributed by atoms with E-state index >= 15 is 0 Å². The molecule has 5 rings (SSSR count). The van der Waals surface area contributed by atoms with E-state index in [1.807, 2.05) is 58.9 Å². The SMILES string of the molecule is Cc1ccc(F)cc1Oc1c(C(=O)N2CCNCC2)c2cccnc2n1-c1ccccc1. The number of aromatic nitrogens is 2. The van der Waals surface area contributed by atoms with Crippen molar-refractivity contribution in [1.82, 2.24) is 19.8 Å². The summed E-state index contributed by atoms with van der Waals surface area (Å²) in [5, 5.41) is 3.97. The van der Waals surface area contributed by atoms with E-state index in [0.29, 0.717) is 41.3 Å². The molecule has 1 amide bonds. The van der Waals surface area contributed by atoms with Crippen molar-refractivity contribution in [2.75, 3.05) is 26.2 Å². The molecule has 0 radical (unpaired) electrons. The first kappa shape index (κ1) is 20.2. The van der Waals surface area contributed by atoms with Crippen molar-refractivity contribution in [2.45, 2.75) is 6.92 Å². The summed E-state index contributed by atoms with van der Waals surface area (Å²) in [6, 6.07) is 17.7. The van der Waals surface area contributed by atoms with Crippen LogP contribution in [-0.2, 0) is 0 Å². The number of halogens is 1. The Hall–Kier alpha value is -3.71. The maximum absolute atomic E-state index is 14.0. The highest BCUT2D eigenvalue weighted by atomic mass is 19.1. The van der Waals surface area contributed by atoms with E-state index in [1.165, 1.54) is 12.1 Å². The molecule has 2 aromatic carbocycles. The molecule has 1 aliphatic heterocycles. The van der Waals surface area contributed by atoms with Crippen molar-refractivity contribution in [1.29, 1.82) is 0 Å². The average Bonchev–Trinajstić information content (AvgIpc) is 3.15. The van der Waals surface area contributed by atoms with Gasteiger partial charge in [-0.25, -0.2) is 9.37 Å².